The van der Waals surface area contributed by atoms with Gasteiger partial charge in [-0.1, -0.05) is 0 Å². The van der Waals surface area contributed by atoms with Crippen LogP contribution in [-0.4, -0.2) is 4.98 Å². The molecule has 0 spiro atoms. The van der Waals surface area contributed by atoms with E-state index < -0.39 is 0 Å². The van der Waals surface area contributed by atoms with Crippen LogP contribution in [0.15, 0.2) is 51.7 Å². The maximum absolute atomic E-state index is 11.1. The standard InChI is InChI=1S/C14H8N2O2/c15-8-11-3-4-12(16-11)9-1-5-13-10(7-9)2-6-14(17)18-13/h1-7,16H. The average Bonchev–Trinajstić information content (AvgIpc) is 2.87. The largest absolute Gasteiger partial charge is 0.423 e. The molecule has 0 saturated heterocycles. The SMILES string of the molecule is N#Cc1ccc(-c2ccc3oc(=O)ccc3c2)[nH]1. The van der Waals surface area contributed by atoms with Crippen LogP contribution in [0, 0.1) is 11.3 Å². The third-order valence-electron chi connectivity index (χ3n) is 2.74. The maximum Gasteiger partial charge on any atom is 0.336 e. The molecule has 0 aliphatic rings. The second-order valence-corrected chi connectivity index (χ2v) is 3.90. The van der Waals surface area contributed by atoms with Gasteiger partial charge in [0.25, 0.3) is 0 Å². The molecule has 3 aromatic rings. The van der Waals surface area contributed by atoms with Crippen molar-refractivity contribution in [2.75, 3.05) is 0 Å². The number of fused-ring (bicyclic) bond motifs is 1. The summed E-state index contributed by atoms with van der Waals surface area (Å²) in [5, 5.41) is 9.62. The molecule has 3 rings (SSSR count). The summed E-state index contributed by atoms with van der Waals surface area (Å²) in [5.41, 5.74) is 2.52. The highest BCUT2D eigenvalue weighted by Crippen LogP contribution is 2.23. The van der Waals surface area contributed by atoms with Crippen molar-refractivity contribution < 1.29 is 4.42 Å². The van der Waals surface area contributed by atoms with Crippen molar-refractivity contribution in [1.29, 1.82) is 5.26 Å². The van der Waals surface area contributed by atoms with Gasteiger partial charge < -0.3 is 9.40 Å². The monoisotopic (exact) mass is 236 g/mol. The van der Waals surface area contributed by atoms with Gasteiger partial charge >= 0.3 is 5.63 Å². The van der Waals surface area contributed by atoms with Crippen molar-refractivity contribution in [3.8, 4) is 17.3 Å². The molecule has 4 nitrogen and oxygen atoms in total. The molecule has 0 saturated carbocycles. The number of hydrogen-bond donors (Lipinski definition) is 1. The van der Waals surface area contributed by atoms with Crippen LogP contribution in [0.4, 0.5) is 0 Å². The Morgan fingerprint density at radius 3 is 2.78 bits per heavy atom. The summed E-state index contributed by atoms with van der Waals surface area (Å²) < 4.78 is 5.06. The third kappa shape index (κ3) is 1.68. The second-order valence-electron chi connectivity index (χ2n) is 3.90. The van der Waals surface area contributed by atoms with Crippen molar-refractivity contribution >= 4 is 11.0 Å². The van der Waals surface area contributed by atoms with Crippen LogP contribution in [0.5, 0.6) is 0 Å². The van der Waals surface area contributed by atoms with E-state index in [1.54, 1.807) is 18.2 Å². The first kappa shape index (κ1) is 10.4. The smallest absolute Gasteiger partial charge is 0.336 e. The molecule has 1 N–H and O–H groups in total. The van der Waals surface area contributed by atoms with E-state index in [9.17, 15) is 4.79 Å². The van der Waals surface area contributed by atoms with Crippen LogP contribution >= 0.6 is 0 Å². The molecule has 4 heteroatoms. The minimum absolute atomic E-state index is 0.359. The van der Waals surface area contributed by atoms with Crippen LogP contribution < -0.4 is 5.63 Å². The fraction of sp³-hybridized carbons (Fsp3) is 0. The normalized spacial score (nSPS) is 10.4. The molecule has 0 fully saturated rings. The van der Waals surface area contributed by atoms with Crippen LogP contribution in [-0.2, 0) is 0 Å². The molecule has 1 aromatic carbocycles. The lowest BCUT2D eigenvalue weighted by atomic mass is 10.1. The minimum atomic E-state index is -0.359. The van der Waals surface area contributed by atoms with E-state index in [0.29, 0.717) is 11.3 Å². The van der Waals surface area contributed by atoms with Gasteiger partial charge in [0, 0.05) is 17.1 Å². The Bertz CT molecular complexity index is 821. The molecule has 2 heterocycles. The lowest BCUT2D eigenvalue weighted by Crippen LogP contribution is -1.94. The summed E-state index contributed by atoms with van der Waals surface area (Å²) in [5.74, 6) is 0. The zero-order valence-corrected chi connectivity index (χ0v) is 9.31. The van der Waals surface area contributed by atoms with Crippen LogP contribution in [0.25, 0.3) is 22.2 Å². The molecular formula is C14H8N2O2. The molecule has 86 valence electrons. The van der Waals surface area contributed by atoms with Gasteiger partial charge in [-0.05, 0) is 42.0 Å². The number of benzene rings is 1. The average molecular weight is 236 g/mol. The van der Waals surface area contributed by atoms with E-state index in [1.807, 2.05) is 24.3 Å². The van der Waals surface area contributed by atoms with Gasteiger partial charge in [-0.3, -0.25) is 0 Å². The summed E-state index contributed by atoms with van der Waals surface area (Å²) in [6.45, 7) is 0. The zero-order valence-electron chi connectivity index (χ0n) is 9.31. The number of nitriles is 1. The molecule has 0 amide bonds. The van der Waals surface area contributed by atoms with Gasteiger partial charge in [0.1, 0.15) is 17.3 Å². The summed E-state index contributed by atoms with van der Waals surface area (Å²) >= 11 is 0. The first-order valence-corrected chi connectivity index (χ1v) is 5.40. The first-order valence-electron chi connectivity index (χ1n) is 5.40. The van der Waals surface area contributed by atoms with Crippen molar-refractivity contribution in [3.05, 3.63) is 58.6 Å². The van der Waals surface area contributed by atoms with E-state index in [0.717, 1.165) is 16.6 Å². The predicted octanol–water partition coefficient (Wildman–Crippen LogP) is 2.66. The van der Waals surface area contributed by atoms with Gasteiger partial charge in [-0.2, -0.15) is 5.26 Å². The van der Waals surface area contributed by atoms with Gasteiger partial charge in [0.05, 0.1) is 0 Å². The Balaban J connectivity index is 2.16. The molecule has 0 atom stereocenters. The van der Waals surface area contributed by atoms with Crippen molar-refractivity contribution in [1.82, 2.24) is 4.98 Å². The Morgan fingerprint density at radius 1 is 1.11 bits per heavy atom. The Labute approximate surface area is 102 Å². The van der Waals surface area contributed by atoms with Crippen LogP contribution in [0.2, 0.25) is 0 Å². The number of H-pyrrole nitrogens is 1. The van der Waals surface area contributed by atoms with Gasteiger partial charge in [-0.15, -0.1) is 0 Å². The summed E-state index contributed by atoms with van der Waals surface area (Å²) in [4.78, 5) is 14.1. The Hall–Kier alpha value is -2.80. The number of hydrogen-bond acceptors (Lipinski definition) is 3. The third-order valence-corrected chi connectivity index (χ3v) is 2.74. The van der Waals surface area contributed by atoms with Gasteiger partial charge in [0.2, 0.25) is 0 Å². The Kier molecular flexibility index (Phi) is 2.24. The van der Waals surface area contributed by atoms with Crippen molar-refractivity contribution in [2.24, 2.45) is 0 Å². The fourth-order valence-corrected chi connectivity index (χ4v) is 1.87. The van der Waals surface area contributed by atoms with Gasteiger partial charge in [0.15, 0.2) is 0 Å². The van der Waals surface area contributed by atoms with E-state index in [1.165, 1.54) is 6.07 Å². The molecule has 0 unspecified atom stereocenters. The number of nitrogens with zero attached hydrogens (tertiary/aromatic N) is 1. The van der Waals surface area contributed by atoms with Crippen LogP contribution in [0.3, 0.4) is 0 Å². The number of rotatable bonds is 1. The molecule has 2 aromatic heterocycles. The van der Waals surface area contributed by atoms with E-state index in [4.69, 9.17) is 9.68 Å². The van der Waals surface area contributed by atoms with E-state index in [2.05, 4.69) is 4.98 Å². The maximum atomic E-state index is 11.1. The Morgan fingerprint density at radius 2 is 2.00 bits per heavy atom. The molecule has 18 heavy (non-hydrogen) atoms. The fourth-order valence-electron chi connectivity index (χ4n) is 1.87. The topological polar surface area (TPSA) is 69.8 Å². The lowest BCUT2D eigenvalue weighted by Gasteiger charge is -2.00. The molecule has 0 aliphatic carbocycles. The molecule has 0 bridgehead atoms. The first-order chi connectivity index (χ1) is 8.76. The zero-order chi connectivity index (χ0) is 12.5. The number of aromatic nitrogens is 1. The summed E-state index contributed by atoms with van der Waals surface area (Å²) in [6, 6.07) is 14.2. The lowest BCUT2D eigenvalue weighted by molar-refractivity contribution is 0.561. The highest BCUT2D eigenvalue weighted by molar-refractivity contribution is 5.82. The molecular weight excluding hydrogens is 228 g/mol. The predicted molar refractivity (Wildman–Crippen MR) is 67.0 cm³/mol. The van der Waals surface area contributed by atoms with Crippen molar-refractivity contribution in [2.45, 2.75) is 0 Å². The number of aromatic amines is 1. The molecule has 0 aliphatic heterocycles. The van der Waals surface area contributed by atoms with E-state index in [-0.39, 0.29) is 5.63 Å². The summed E-state index contributed by atoms with van der Waals surface area (Å²) in [6.07, 6.45) is 0. The molecule has 0 radical (unpaired) electrons. The number of nitrogens with one attached hydrogen (secondary N) is 1. The second kappa shape index (κ2) is 3.90. The highest BCUT2D eigenvalue weighted by Gasteiger charge is 2.03. The van der Waals surface area contributed by atoms with E-state index >= 15 is 0 Å². The van der Waals surface area contributed by atoms with Crippen molar-refractivity contribution in [3.63, 3.8) is 0 Å². The summed E-state index contributed by atoms with van der Waals surface area (Å²) in [7, 11) is 0. The minimum Gasteiger partial charge on any atom is -0.423 e. The highest BCUT2D eigenvalue weighted by atomic mass is 16.4. The van der Waals surface area contributed by atoms with Gasteiger partial charge in [-0.25, -0.2) is 4.79 Å². The van der Waals surface area contributed by atoms with Crippen LogP contribution in [0.1, 0.15) is 5.69 Å². The quantitative estimate of drug-likeness (QED) is 0.660.